The molecule has 5 rings (SSSR count). The van der Waals surface area contributed by atoms with Crippen LogP contribution in [0.15, 0.2) is 36.7 Å². The number of fused-ring (bicyclic) bond motifs is 1. The smallest absolute Gasteiger partial charge is 0.240 e. The number of rotatable bonds is 4. The summed E-state index contributed by atoms with van der Waals surface area (Å²) in [4.78, 5) is 24.2. The first kappa shape index (κ1) is 17.8. The predicted octanol–water partition coefficient (Wildman–Crippen LogP) is 1.81. The van der Waals surface area contributed by atoms with Gasteiger partial charge in [0.1, 0.15) is 5.82 Å². The Morgan fingerprint density at radius 1 is 1.07 bits per heavy atom. The van der Waals surface area contributed by atoms with E-state index in [-0.39, 0.29) is 0 Å². The molecule has 0 unspecified atom stereocenters. The first-order valence-corrected chi connectivity index (χ1v) is 9.63. The molecule has 1 fully saturated rings. The highest BCUT2D eigenvalue weighted by molar-refractivity contribution is 5.93. The molecule has 0 bridgehead atoms. The van der Waals surface area contributed by atoms with E-state index in [4.69, 9.17) is 25.4 Å². The number of imidazole rings is 1. The Kier molecular flexibility index (Phi) is 4.45. The highest BCUT2D eigenvalue weighted by Gasteiger charge is 2.20. The van der Waals surface area contributed by atoms with E-state index in [1.807, 2.05) is 48.1 Å². The van der Waals surface area contributed by atoms with E-state index in [2.05, 4.69) is 14.9 Å². The number of hydrogen-bond acceptors (Lipinski definition) is 7. The lowest BCUT2D eigenvalue weighted by Gasteiger charge is -2.27. The van der Waals surface area contributed by atoms with Gasteiger partial charge in [-0.05, 0) is 19.1 Å². The minimum Gasteiger partial charge on any atom is -0.378 e. The third kappa shape index (κ3) is 3.24. The van der Waals surface area contributed by atoms with Crippen LogP contribution in [0.5, 0.6) is 0 Å². The van der Waals surface area contributed by atoms with Gasteiger partial charge in [-0.25, -0.2) is 4.98 Å². The molecular formula is C20H22N8O. The summed E-state index contributed by atoms with van der Waals surface area (Å²) in [6.45, 7) is 5.09. The van der Waals surface area contributed by atoms with Crippen molar-refractivity contribution in [2.45, 2.75) is 13.5 Å². The van der Waals surface area contributed by atoms with Gasteiger partial charge in [0.15, 0.2) is 5.82 Å². The van der Waals surface area contributed by atoms with Crippen LogP contribution in [-0.4, -0.2) is 55.8 Å². The van der Waals surface area contributed by atoms with Gasteiger partial charge in [-0.1, -0.05) is 12.1 Å². The summed E-state index contributed by atoms with van der Waals surface area (Å²) < 4.78 is 7.36. The monoisotopic (exact) mass is 390 g/mol. The third-order valence-corrected chi connectivity index (χ3v) is 5.10. The molecule has 29 heavy (non-hydrogen) atoms. The van der Waals surface area contributed by atoms with Crippen LogP contribution in [0.4, 0.5) is 5.95 Å². The second-order valence-electron chi connectivity index (χ2n) is 6.96. The minimum absolute atomic E-state index is 0.366. The van der Waals surface area contributed by atoms with E-state index in [1.165, 1.54) is 0 Å². The molecule has 1 saturated heterocycles. The Balaban J connectivity index is 1.69. The first-order valence-electron chi connectivity index (χ1n) is 9.63. The van der Waals surface area contributed by atoms with Gasteiger partial charge in [0, 0.05) is 48.5 Å². The number of morpholine rings is 1. The lowest BCUT2D eigenvalue weighted by molar-refractivity contribution is 0.122. The lowest BCUT2D eigenvalue weighted by Crippen LogP contribution is -2.37. The number of anilines is 1. The minimum atomic E-state index is 0.366. The van der Waals surface area contributed by atoms with Crippen LogP contribution in [0, 0.1) is 6.92 Å². The molecule has 4 aromatic rings. The summed E-state index contributed by atoms with van der Waals surface area (Å²) >= 11 is 0. The van der Waals surface area contributed by atoms with Crippen molar-refractivity contribution < 1.29 is 4.74 Å². The summed E-state index contributed by atoms with van der Waals surface area (Å²) in [6.07, 6.45) is 3.81. The van der Waals surface area contributed by atoms with Gasteiger partial charge in [0.25, 0.3) is 0 Å². The van der Waals surface area contributed by atoms with Crippen molar-refractivity contribution in [3.63, 3.8) is 0 Å². The van der Waals surface area contributed by atoms with E-state index < -0.39 is 0 Å². The number of aromatic amines is 1. The molecule has 1 aliphatic heterocycles. The molecule has 1 aliphatic rings. The number of benzene rings is 1. The van der Waals surface area contributed by atoms with Gasteiger partial charge in [0.2, 0.25) is 11.9 Å². The molecular weight excluding hydrogens is 368 g/mol. The number of ether oxygens (including phenoxy) is 1. The van der Waals surface area contributed by atoms with Crippen molar-refractivity contribution in [3.8, 4) is 17.3 Å². The molecule has 148 valence electrons. The number of nitrogens with one attached hydrogen (secondary N) is 1. The number of nitrogens with two attached hydrogens (primary N) is 1. The fourth-order valence-electron chi connectivity index (χ4n) is 3.60. The zero-order valence-electron chi connectivity index (χ0n) is 16.2. The number of H-pyrrole nitrogens is 1. The van der Waals surface area contributed by atoms with Crippen LogP contribution in [0.2, 0.25) is 0 Å². The van der Waals surface area contributed by atoms with Crippen LogP contribution in [0.25, 0.3) is 28.2 Å². The van der Waals surface area contributed by atoms with Crippen LogP contribution < -0.4 is 10.6 Å². The van der Waals surface area contributed by atoms with Crippen molar-refractivity contribution in [2.24, 2.45) is 5.73 Å². The Morgan fingerprint density at radius 2 is 1.90 bits per heavy atom. The maximum atomic E-state index is 5.77. The van der Waals surface area contributed by atoms with Crippen molar-refractivity contribution in [3.05, 3.63) is 48.2 Å². The maximum Gasteiger partial charge on any atom is 0.240 e. The third-order valence-electron chi connectivity index (χ3n) is 5.10. The average Bonchev–Trinajstić information content (AvgIpc) is 3.40. The maximum absolute atomic E-state index is 5.77. The Morgan fingerprint density at radius 3 is 2.69 bits per heavy atom. The topological polar surface area (TPSA) is 111 Å². The largest absolute Gasteiger partial charge is 0.378 e. The Labute approximate surface area is 167 Å². The van der Waals surface area contributed by atoms with Crippen molar-refractivity contribution in [2.75, 3.05) is 31.2 Å². The SMILES string of the molecule is Cc1nc(CN)cn1-c1nc(-c2cccc3[nH]ccc23)nc(N2CCOCC2)n1. The summed E-state index contributed by atoms with van der Waals surface area (Å²) in [7, 11) is 0. The molecule has 3 aromatic heterocycles. The summed E-state index contributed by atoms with van der Waals surface area (Å²) in [5.41, 5.74) is 8.57. The molecule has 4 heterocycles. The van der Waals surface area contributed by atoms with Gasteiger partial charge in [0.05, 0.1) is 18.9 Å². The van der Waals surface area contributed by atoms with Crippen molar-refractivity contribution >= 4 is 16.9 Å². The highest BCUT2D eigenvalue weighted by Crippen LogP contribution is 2.27. The quantitative estimate of drug-likeness (QED) is 0.547. The lowest BCUT2D eigenvalue weighted by atomic mass is 10.1. The fourth-order valence-corrected chi connectivity index (χ4v) is 3.60. The molecule has 1 aromatic carbocycles. The van der Waals surface area contributed by atoms with E-state index in [9.17, 15) is 0 Å². The number of nitrogens with zero attached hydrogens (tertiary/aromatic N) is 6. The molecule has 0 amide bonds. The van der Waals surface area contributed by atoms with Crippen LogP contribution in [0.1, 0.15) is 11.5 Å². The van der Waals surface area contributed by atoms with E-state index in [0.717, 1.165) is 41.1 Å². The van der Waals surface area contributed by atoms with Crippen LogP contribution >= 0.6 is 0 Å². The molecule has 9 nitrogen and oxygen atoms in total. The van der Waals surface area contributed by atoms with E-state index >= 15 is 0 Å². The van der Waals surface area contributed by atoms with Crippen molar-refractivity contribution in [1.29, 1.82) is 0 Å². The zero-order chi connectivity index (χ0) is 19.8. The fraction of sp³-hybridized carbons (Fsp3) is 0.300. The molecule has 9 heteroatoms. The highest BCUT2D eigenvalue weighted by atomic mass is 16.5. The molecule has 0 aliphatic carbocycles. The Bertz CT molecular complexity index is 1160. The van der Waals surface area contributed by atoms with Gasteiger partial charge >= 0.3 is 0 Å². The van der Waals surface area contributed by atoms with Gasteiger partial charge < -0.3 is 20.4 Å². The van der Waals surface area contributed by atoms with Crippen LogP contribution in [0.3, 0.4) is 0 Å². The van der Waals surface area contributed by atoms with Crippen LogP contribution in [-0.2, 0) is 11.3 Å². The zero-order valence-corrected chi connectivity index (χ0v) is 16.2. The second-order valence-corrected chi connectivity index (χ2v) is 6.96. The molecule has 0 saturated carbocycles. The summed E-state index contributed by atoms with van der Waals surface area (Å²) in [5.74, 6) is 2.59. The summed E-state index contributed by atoms with van der Waals surface area (Å²) in [5, 5.41) is 1.07. The van der Waals surface area contributed by atoms with Gasteiger partial charge in [-0.2, -0.15) is 15.0 Å². The average molecular weight is 390 g/mol. The van der Waals surface area contributed by atoms with Gasteiger partial charge in [-0.3, -0.25) is 4.57 Å². The normalized spacial score (nSPS) is 14.6. The first-order chi connectivity index (χ1) is 14.2. The molecule has 0 spiro atoms. The molecule has 0 atom stereocenters. The van der Waals surface area contributed by atoms with Crippen molar-refractivity contribution in [1.82, 2.24) is 29.5 Å². The number of hydrogen-bond donors (Lipinski definition) is 2. The standard InChI is InChI=1S/C20H22N8O/c1-13-23-14(11-21)12-28(13)20-25-18(16-3-2-4-17-15(16)5-6-22-17)24-19(26-20)27-7-9-29-10-8-27/h2-6,12,22H,7-11,21H2,1H3. The number of aromatic nitrogens is 6. The van der Waals surface area contributed by atoms with E-state index in [0.29, 0.717) is 37.5 Å². The van der Waals surface area contributed by atoms with E-state index in [1.54, 1.807) is 0 Å². The number of aryl methyl sites for hydroxylation is 1. The predicted molar refractivity (Wildman–Crippen MR) is 110 cm³/mol. The van der Waals surface area contributed by atoms with Gasteiger partial charge in [-0.15, -0.1) is 0 Å². The molecule has 0 radical (unpaired) electrons. The molecule has 3 N–H and O–H groups in total. The Hall–Kier alpha value is -3.30. The summed E-state index contributed by atoms with van der Waals surface area (Å²) in [6, 6.07) is 8.11. The second kappa shape index (κ2) is 7.26.